The molecule has 2 heterocycles. The fourth-order valence-electron chi connectivity index (χ4n) is 4.71. The van der Waals surface area contributed by atoms with Crippen molar-refractivity contribution in [3.05, 3.63) is 72.3 Å². The van der Waals surface area contributed by atoms with E-state index in [1.54, 1.807) is 16.4 Å². The molecule has 1 amide bonds. The van der Waals surface area contributed by atoms with Crippen LogP contribution in [0.25, 0.3) is 20.8 Å². The van der Waals surface area contributed by atoms with Crippen molar-refractivity contribution < 1.29 is 18.3 Å². The predicted molar refractivity (Wildman–Crippen MR) is 143 cm³/mol. The van der Waals surface area contributed by atoms with Gasteiger partial charge < -0.3 is 10.4 Å². The molecule has 0 spiro atoms. The highest BCUT2D eigenvalue weighted by Crippen LogP contribution is 2.37. The van der Waals surface area contributed by atoms with Gasteiger partial charge in [0.15, 0.2) is 0 Å². The van der Waals surface area contributed by atoms with Gasteiger partial charge in [-0.25, -0.2) is 13.4 Å². The number of aromatic nitrogens is 1. The Morgan fingerprint density at radius 1 is 1.03 bits per heavy atom. The number of hydrogen-bond acceptors (Lipinski definition) is 6. The molecule has 9 heteroatoms. The molecule has 7 nitrogen and oxygen atoms in total. The number of phenolic OH excluding ortho intramolecular Hbond substituents is 1. The molecule has 2 unspecified atom stereocenters. The van der Waals surface area contributed by atoms with Gasteiger partial charge in [-0.3, -0.25) is 4.79 Å². The van der Waals surface area contributed by atoms with E-state index in [-0.39, 0.29) is 16.6 Å². The van der Waals surface area contributed by atoms with Crippen LogP contribution in [0.3, 0.4) is 0 Å². The van der Waals surface area contributed by atoms with Gasteiger partial charge in [0.25, 0.3) is 5.91 Å². The van der Waals surface area contributed by atoms with Crippen molar-refractivity contribution in [3.8, 4) is 16.3 Å². The lowest BCUT2D eigenvalue weighted by Gasteiger charge is -2.34. The van der Waals surface area contributed by atoms with Gasteiger partial charge in [-0.05, 0) is 72.9 Å². The molecule has 5 rings (SSSR count). The summed E-state index contributed by atoms with van der Waals surface area (Å²) in [6, 6.07) is 18.6. The molecule has 0 radical (unpaired) electrons. The molecule has 186 valence electrons. The summed E-state index contributed by atoms with van der Waals surface area (Å²) in [7, 11) is -3.61. The van der Waals surface area contributed by atoms with Crippen LogP contribution in [0, 0.1) is 11.8 Å². The SMILES string of the molecule is CC1CC(C)CN(S(=O)(=O)c2ccc(C(=O)Nc3ccc(O)c(-c4nc5ccccc5s4)c3)cc2)C1. The summed E-state index contributed by atoms with van der Waals surface area (Å²) in [5.74, 6) is 0.321. The van der Waals surface area contributed by atoms with E-state index < -0.39 is 10.0 Å². The number of aromatic hydroxyl groups is 1. The molecule has 0 bridgehead atoms. The maximum atomic E-state index is 13.1. The molecule has 1 fully saturated rings. The summed E-state index contributed by atoms with van der Waals surface area (Å²) in [4.78, 5) is 17.7. The van der Waals surface area contributed by atoms with E-state index in [2.05, 4.69) is 24.1 Å². The number of amides is 1. The molecular formula is C27H27N3O4S2. The minimum absolute atomic E-state index is 0.0722. The summed E-state index contributed by atoms with van der Waals surface area (Å²) >= 11 is 1.46. The van der Waals surface area contributed by atoms with Crippen molar-refractivity contribution in [1.29, 1.82) is 0 Å². The normalized spacial score (nSPS) is 18.8. The van der Waals surface area contributed by atoms with Crippen LogP contribution >= 0.6 is 11.3 Å². The van der Waals surface area contributed by atoms with Gasteiger partial charge in [-0.2, -0.15) is 4.31 Å². The highest BCUT2D eigenvalue weighted by molar-refractivity contribution is 7.89. The minimum atomic E-state index is -3.61. The van der Waals surface area contributed by atoms with Crippen molar-refractivity contribution >= 4 is 43.2 Å². The van der Waals surface area contributed by atoms with Gasteiger partial charge in [0, 0.05) is 24.3 Å². The monoisotopic (exact) mass is 521 g/mol. The van der Waals surface area contributed by atoms with Crippen LogP contribution in [0.1, 0.15) is 30.6 Å². The highest BCUT2D eigenvalue weighted by Gasteiger charge is 2.31. The Kier molecular flexibility index (Phi) is 6.55. The smallest absolute Gasteiger partial charge is 0.255 e. The Bertz CT molecular complexity index is 1490. The minimum Gasteiger partial charge on any atom is -0.507 e. The average molecular weight is 522 g/mol. The van der Waals surface area contributed by atoms with E-state index in [1.165, 1.54) is 41.7 Å². The van der Waals surface area contributed by atoms with Crippen molar-refractivity contribution in [2.75, 3.05) is 18.4 Å². The summed E-state index contributed by atoms with van der Waals surface area (Å²) in [5, 5.41) is 13.9. The molecule has 2 atom stereocenters. The summed E-state index contributed by atoms with van der Waals surface area (Å²) in [6.07, 6.45) is 1.02. The van der Waals surface area contributed by atoms with Crippen molar-refractivity contribution in [3.63, 3.8) is 0 Å². The number of nitrogens with one attached hydrogen (secondary N) is 1. The van der Waals surface area contributed by atoms with Crippen LogP contribution in [0.5, 0.6) is 5.75 Å². The number of carbonyl (C=O) groups excluding carboxylic acids is 1. The number of phenols is 1. The fraction of sp³-hybridized carbons (Fsp3) is 0.259. The van der Waals surface area contributed by atoms with Gasteiger partial charge in [-0.15, -0.1) is 11.3 Å². The topological polar surface area (TPSA) is 99.6 Å². The van der Waals surface area contributed by atoms with Crippen molar-refractivity contribution in [2.24, 2.45) is 11.8 Å². The largest absolute Gasteiger partial charge is 0.507 e. The molecule has 1 aliphatic heterocycles. The molecule has 0 aliphatic carbocycles. The summed E-state index contributed by atoms with van der Waals surface area (Å²) in [5.41, 5.74) is 2.21. The lowest BCUT2D eigenvalue weighted by molar-refractivity contribution is 0.102. The molecular weight excluding hydrogens is 494 g/mol. The zero-order chi connectivity index (χ0) is 25.4. The molecule has 4 aromatic rings. The highest BCUT2D eigenvalue weighted by atomic mass is 32.2. The fourth-order valence-corrected chi connectivity index (χ4v) is 7.38. The van der Waals surface area contributed by atoms with Crippen LogP contribution in [-0.4, -0.2) is 41.8 Å². The first-order valence-corrected chi connectivity index (χ1v) is 14.1. The Balaban J connectivity index is 1.34. The summed E-state index contributed by atoms with van der Waals surface area (Å²) < 4.78 is 28.8. The molecule has 1 aromatic heterocycles. The third-order valence-electron chi connectivity index (χ3n) is 6.37. The van der Waals surface area contributed by atoms with Crippen molar-refractivity contribution in [1.82, 2.24) is 9.29 Å². The first-order chi connectivity index (χ1) is 17.2. The Morgan fingerprint density at radius 2 is 1.72 bits per heavy atom. The van der Waals surface area contributed by atoms with Crippen LogP contribution in [0.4, 0.5) is 5.69 Å². The number of anilines is 1. The number of rotatable bonds is 5. The third-order valence-corrected chi connectivity index (χ3v) is 9.28. The lowest BCUT2D eigenvalue weighted by Crippen LogP contribution is -2.42. The molecule has 1 aliphatic rings. The van der Waals surface area contributed by atoms with E-state index in [1.807, 2.05) is 24.3 Å². The second-order valence-corrected chi connectivity index (χ2v) is 12.4. The van der Waals surface area contributed by atoms with Gasteiger partial charge >= 0.3 is 0 Å². The number of piperidine rings is 1. The Hall–Kier alpha value is -3.27. The molecule has 1 saturated heterocycles. The van der Waals surface area contributed by atoms with Gasteiger partial charge in [0.05, 0.1) is 20.7 Å². The molecule has 0 saturated carbocycles. The zero-order valence-electron chi connectivity index (χ0n) is 20.0. The Labute approximate surface area is 214 Å². The lowest BCUT2D eigenvalue weighted by atomic mass is 9.94. The van der Waals surface area contributed by atoms with Crippen molar-refractivity contribution in [2.45, 2.75) is 25.2 Å². The third kappa shape index (κ3) is 4.86. The van der Waals surface area contributed by atoms with E-state index in [0.717, 1.165) is 16.6 Å². The molecule has 3 aromatic carbocycles. The number of sulfonamides is 1. The first kappa shape index (κ1) is 24.4. The summed E-state index contributed by atoms with van der Waals surface area (Å²) in [6.45, 7) is 5.15. The maximum absolute atomic E-state index is 13.1. The van der Waals surface area contributed by atoms with Gasteiger partial charge in [0.2, 0.25) is 10.0 Å². The van der Waals surface area contributed by atoms with E-state index in [4.69, 9.17) is 0 Å². The standard InChI is InChI=1S/C27H27N3O4S2/c1-17-13-18(2)16-30(15-17)36(33,34)21-10-7-19(8-11-21)26(32)28-20-9-12-24(31)22(14-20)27-29-23-5-3-4-6-25(23)35-27/h3-12,14,17-18,31H,13,15-16H2,1-2H3,(H,28,32). The second kappa shape index (κ2) is 9.65. The number of carbonyl (C=O) groups is 1. The molecule has 2 N–H and O–H groups in total. The average Bonchev–Trinajstić information content (AvgIpc) is 3.29. The predicted octanol–water partition coefficient (Wildman–Crippen LogP) is 5.59. The quantitative estimate of drug-likeness (QED) is 0.334. The number of para-hydroxylation sites is 1. The van der Waals surface area contributed by atoms with Crippen LogP contribution in [0.15, 0.2) is 71.6 Å². The number of hydrogen-bond donors (Lipinski definition) is 2. The van der Waals surface area contributed by atoms with Crippen LogP contribution in [-0.2, 0) is 10.0 Å². The number of thiazole rings is 1. The van der Waals surface area contributed by atoms with Gasteiger partial charge in [-0.1, -0.05) is 26.0 Å². The maximum Gasteiger partial charge on any atom is 0.255 e. The zero-order valence-corrected chi connectivity index (χ0v) is 21.6. The Morgan fingerprint density at radius 3 is 2.42 bits per heavy atom. The van der Waals surface area contributed by atoms with E-state index in [0.29, 0.717) is 46.7 Å². The van der Waals surface area contributed by atoms with E-state index >= 15 is 0 Å². The number of benzene rings is 3. The number of fused-ring (bicyclic) bond motifs is 1. The molecule has 36 heavy (non-hydrogen) atoms. The van der Waals surface area contributed by atoms with Crippen LogP contribution in [0.2, 0.25) is 0 Å². The first-order valence-electron chi connectivity index (χ1n) is 11.8. The number of nitrogens with zero attached hydrogens (tertiary/aromatic N) is 2. The second-order valence-electron chi connectivity index (χ2n) is 9.47. The van der Waals surface area contributed by atoms with Crippen LogP contribution < -0.4 is 5.32 Å². The van der Waals surface area contributed by atoms with Gasteiger partial charge in [0.1, 0.15) is 10.8 Å². The van der Waals surface area contributed by atoms with E-state index in [9.17, 15) is 18.3 Å².